The van der Waals surface area contributed by atoms with E-state index in [4.69, 9.17) is 0 Å². The zero-order chi connectivity index (χ0) is 11.3. The molecule has 2 aliphatic rings. The van der Waals surface area contributed by atoms with E-state index in [0.29, 0.717) is 17.9 Å². The SMILES string of the molecule is C[C@H]1Cc2cc(Br)ccc2N1C(=O)C1CC1. The van der Waals surface area contributed by atoms with Gasteiger partial charge in [-0.15, -0.1) is 0 Å². The second kappa shape index (κ2) is 3.59. The predicted octanol–water partition coefficient (Wildman–Crippen LogP) is 3.14. The maximum atomic E-state index is 12.2. The quantitative estimate of drug-likeness (QED) is 0.774. The number of benzene rings is 1. The van der Waals surface area contributed by atoms with Gasteiger partial charge in [0, 0.05) is 22.1 Å². The first-order valence-corrected chi connectivity index (χ1v) is 6.57. The summed E-state index contributed by atoms with van der Waals surface area (Å²) in [4.78, 5) is 14.2. The molecule has 3 heteroatoms. The van der Waals surface area contributed by atoms with Crippen LogP contribution in [0.2, 0.25) is 0 Å². The van der Waals surface area contributed by atoms with Gasteiger partial charge in [-0.05, 0) is 49.9 Å². The van der Waals surface area contributed by atoms with Crippen molar-refractivity contribution in [3.8, 4) is 0 Å². The molecule has 16 heavy (non-hydrogen) atoms. The molecule has 1 fully saturated rings. The fourth-order valence-electron chi connectivity index (χ4n) is 2.46. The van der Waals surface area contributed by atoms with Crippen molar-refractivity contribution in [1.82, 2.24) is 0 Å². The molecule has 1 atom stereocenters. The maximum Gasteiger partial charge on any atom is 0.230 e. The van der Waals surface area contributed by atoms with Gasteiger partial charge < -0.3 is 4.90 Å². The lowest BCUT2D eigenvalue weighted by atomic mass is 10.1. The van der Waals surface area contributed by atoms with Gasteiger partial charge in [-0.1, -0.05) is 15.9 Å². The van der Waals surface area contributed by atoms with E-state index < -0.39 is 0 Å². The molecule has 0 unspecified atom stereocenters. The molecular weight excluding hydrogens is 266 g/mol. The normalized spacial score (nSPS) is 23.4. The van der Waals surface area contributed by atoms with Crippen LogP contribution in [0, 0.1) is 5.92 Å². The van der Waals surface area contributed by atoms with E-state index in [1.165, 1.54) is 5.56 Å². The first kappa shape index (κ1) is 10.3. The fraction of sp³-hybridized carbons (Fsp3) is 0.462. The average molecular weight is 280 g/mol. The van der Waals surface area contributed by atoms with Gasteiger partial charge in [-0.3, -0.25) is 4.79 Å². The molecule has 0 N–H and O–H groups in total. The highest BCUT2D eigenvalue weighted by molar-refractivity contribution is 9.10. The van der Waals surface area contributed by atoms with E-state index in [1.54, 1.807) is 0 Å². The number of halogens is 1. The van der Waals surface area contributed by atoms with Crippen molar-refractivity contribution in [3.05, 3.63) is 28.2 Å². The Morgan fingerprint density at radius 3 is 2.88 bits per heavy atom. The van der Waals surface area contributed by atoms with Crippen molar-refractivity contribution >= 4 is 27.5 Å². The number of hydrogen-bond acceptors (Lipinski definition) is 1. The first-order valence-electron chi connectivity index (χ1n) is 5.78. The monoisotopic (exact) mass is 279 g/mol. The Hall–Kier alpha value is -0.830. The summed E-state index contributed by atoms with van der Waals surface area (Å²) >= 11 is 3.48. The minimum Gasteiger partial charge on any atom is -0.309 e. The highest BCUT2D eigenvalue weighted by atomic mass is 79.9. The Morgan fingerprint density at radius 1 is 1.44 bits per heavy atom. The average Bonchev–Trinajstić information content (AvgIpc) is 3.01. The Morgan fingerprint density at radius 2 is 2.19 bits per heavy atom. The van der Waals surface area contributed by atoms with Crippen LogP contribution in [0.15, 0.2) is 22.7 Å². The zero-order valence-electron chi connectivity index (χ0n) is 9.24. The Labute approximate surface area is 104 Å². The highest BCUT2D eigenvalue weighted by Gasteiger charge is 2.39. The van der Waals surface area contributed by atoms with Crippen molar-refractivity contribution in [3.63, 3.8) is 0 Å². The number of carbonyl (C=O) groups is 1. The van der Waals surface area contributed by atoms with Crippen LogP contribution in [0.3, 0.4) is 0 Å². The van der Waals surface area contributed by atoms with E-state index >= 15 is 0 Å². The first-order chi connectivity index (χ1) is 7.66. The molecule has 1 aliphatic heterocycles. The molecule has 3 rings (SSSR count). The Balaban J connectivity index is 1.98. The van der Waals surface area contributed by atoms with Crippen LogP contribution in [0.1, 0.15) is 25.3 Å². The second-order valence-electron chi connectivity index (χ2n) is 4.81. The minimum absolute atomic E-state index is 0.303. The van der Waals surface area contributed by atoms with Crippen LogP contribution in [-0.2, 0) is 11.2 Å². The summed E-state index contributed by atoms with van der Waals surface area (Å²) in [7, 11) is 0. The van der Waals surface area contributed by atoms with Crippen molar-refractivity contribution in [2.24, 2.45) is 5.92 Å². The number of hydrogen-bond donors (Lipinski definition) is 0. The lowest BCUT2D eigenvalue weighted by Gasteiger charge is -2.22. The number of fused-ring (bicyclic) bond motifs is 1. The van der Waals surface area contributed by atoms with E-state index in [9.17, 15) is 4.79 Å². The molecule has 0 spiro atoms. The number of rotatable bonds is 1. The zero-order valence-corrected chi connectivity index (χ0v) is 10.8. The minimum atomic E-state index is 0.303. The summed E-state index contributed by atoms with van der Waals surface area (Å²) in [5.41, 5.74) is 2.41. The van der Waals surface area contributed by atoms with Crippen molar-refractivity contribution in [1.29, 1.82) is 0 Å². The number of carbonyl (C=O) groups excluding carboxylic acids is 1. The molecule has 84 valence electrons. The van der Waals surface area contributed by atoms with Gasteiger partial charge in [0.15, 0.2) is 0 Å². The van der Waals surface area contributed by atoms with Gasteiger partial charge >= 0.3 is 0 Å². The van der Waals surface area contributed by atoms with E-state index in [2.05, 4.69) is 35.0 Å². The van der Waals surface area contributed by atoms with Gasteiger partial charge in [0.05, 0.1) is 0 Å². The summed E-state index contributed by atoms with van der Waals surface area (Å²) in [5, 5.41) is 0. The number of anilines is 1. The smallest absolute Gasteiger partial charge is 0.230 e. The van der Waals surface area contributed by atoms with Crippen molar-refractivity contribution in [2.75, 3.05) is 4.90 Å². The van der Waals surface area contributed by atoms with Gasteiger partial charge in [0.1, 0.15) is 0 Å². The fourth-order valence-corrected chi connectivity index (χ4v) is 2.87. The third kappa shape index (κ3) is 1.58. The molecule has 1 amide bonds. The Kier molecular flexibility index (Phi) is 2.32. The number of amides is 1. The van der Waals surface area contributed by atoms with Gasteiger partial charge in [-0.2, -0.15) is 0 Å². The van der Waals surface area contributed by atoms with Gasteiger partial charge in [-0.25, -0.2) is 0 Å². The van der Waals surface area contributed by atoms with Crippen molar-refractivity contribution < 1.29 is 4.79 Å². The van der Waals surface area contributed by atoms with E-state index in [-0.39, 0.29) is 0 Å². The molecule has 1 aromatic rings. The Bertz CT molecular complexity index is 453. The van der Waals surface area contributed by atoms with Crippen LogP contribution in [0.25, 0.3) is 0 Å². The van der Waals surface area contributed by atoms with Crippen LogP contribution in [-0.4, -0.2) is 11.9 Å². The van der Waals surface area contributed by atoms with Crippen LogP contribution in [0.5, 0.6) is 0 Å². The lowest BCUT2D eigenvalue weighted by Crippen LogP contribution is -2.36. The van der Waals surface area contributed by atoms with Crippen LogP contribution in [0.4, 0.5) is 5.69 Å². The highest BCUT2D eigenvalue weighted by Crippen LogP contribution is 2.39. The maximum absolute atomic E-state index is 12.2. The third-order valence-corrected chi connectivity index (χ3v) is 3.91. The second-order valence-corrected chi connectivity index (χ2v) is 5.72. The molecule has 0 radical (unpaired) electrons. The molecule has 1 heterocycles. The summed E-state index contributed by atoms with van der Waals surface area (Å²) in [6.45, 7) is 2.13. The molecule has 2 nitrogen and oxygen atoms in total. The summed E-state index contributed by atoms with van der Waals surface area (Å²) in [6.07, 6.45) is 3.13. The molecule has 1 aromatic carbocycles. The topological polar surface area (TPSA) is 20.3 Å². The summed E-state index contributed by atoms with van der Waals surface area (Å²) < 4.78 is 1.10. The lowest BCUT2D eigenvalue weighted by molar-refractivity contribution is -0.120. The largest absolute Gasteiger partial charge is 0.309 e. The van der Waals surface area contributed by atoms with Gasteiger partial charge in [0.2, 0.25) is 5.91 Å². The predicted molar refractivity (Wildman–Crippen MR) is 67.5 cm³/mol. The third-order valence-electron chi connectivity index (χ3n) is 3.42. The van der Waals surface area contributed by atoms with Crippen molar-refractivity contribution in [2.45, 2.75) is 32.2 Å². The van der Waals surface area contributed by atoms with E-state index in [0.717, 1.165) is 29.4 Å². The number of nitrogens with zero attached hydrogens (tertiary/aromatic N) is 1. The van der Waals surface area contributed by atoms with Crippen LogP contribution >= 0.6 is 15.9 Å². The summed E-state index contributed by atoms with van der Waals surface area (Å²) in [5.74, 6) is 0.630. The molecular formula is C13H14BrNO. The standard InChI is InChI=1S/C13H14BrNO/c1-8-6-10-7-11(14)4-5-12(10)15(8)13(16)9-2-3-9/h4-5,7-9H,2-3,6H2,1H3/t8-/m0/s1. The molecule has 0 aromatic heterocycles. The summed E-state index contributed by atoms with van der Waals surface area (Å²) in [6, 6.07) is 6.52. The molecule has 1 aliphatic carbocycles. The van der Waals surface area contributed by atoms with Crippen LogP contribution < -0.4 is 4.90 Å². The molecule has 1 saturated carbocycles. The molecule has 0 saturated heterocycles. The van der Waals surface area contributed by atoms with E-state index in [1.807, 2.05) is 11.0 Å². The van der Waals surface area contributed by atoms with Gasteiger partial charge in [0.25, 0.3) is 0 Å². The molecule has 0 bridgehead atoms.